The highest BCUT2D eigenvalue weighted by atomic mass is 15.3. The number of hydrogen-bond donors (Lipinski definition) is 0. The topological polar surface area (TPSA) is 41.6 Å². The lowest BCUT2D eigenvalue weighted by Gasteiger charge is -2.56. The molecule has 4 aliphatic rings. The van der Waals surface area contributed by atoms with E-state index in [1.165, 1.54) is 38.5 Å². The summed E-state index contributed by atoms with van der Waals surface area (Å²) >= 11 is 0. The number of nitrogens with zero attached hydrogens (tertiary/aromatic N) is 3. The van der Waals surface area contributed by atoms with E-state index in [1.807, 2.05) is 6.07 Å². The Morgan fingerprint density at radius 1 is 1.18 bits per heavy atom. The minimum absolute atomic E-state index is 0.198. The summed E-state index contributed by atoms with van der Waals surface area (Å²) in [7, 11) is 0. The van der Waals surface area contributed by atoms with Crippen LogP contribution >= 0.6 is 0 Å². The highest BCUT2D eigenvalue weighted by Gasteiger charge is 2.52. The molecule has 4 saturated carbocycles. The molecule has 0 unspecified atom stereocenters. The zero-order valence-corrected chi connectivity index (χ0v) is 9.97. The SMILES string of the molecule is N#Cc1ccnn1C12CC3CC(CC(C3)C1)C2. The van der Waals surface area contributed by atoms with E-state index >= 15 is 0 Å². The van der Waals surface area contributed by atoms with E-state index in [9.17, 15) is 5.26 Å². The molecule has 5 rings (SSSR count). The zero-order valence-electron chi connectivity index (χ0n) is 9.97. The molecule has 17 heavy (non-hydrogen) atoms. The zero-order chi connectivity index (χ0) is 11.5. The first-order valence-corrected chi connectivity index (χ1v) is 6.74. The second kappa shape index (κ2) is 3.13. The predicted octanol–water partition coefficient (Wildman–Crippen LogP) is 2.68. The van der Waals surface area contributed by atoms with Crippen molar-refractivity contribution in [2.45, 2.75) is 44.1 Å². The summed E-state index contributed by atoms with van der Waals surface area (Å²) < 4.78 is 2.07. The summed E-state index contributed by atoms with van der Waals surface area (Å²) in [4.78, 5) is 0. The van der Waals surface area contributed by atoms with Crippen LogP contribution < -0.4 is 0 Å². The Hall–Kier alpha value is -1.30. The Morgan fingerprint density at radius 2 is 1.76 bits per heavy atom. The van der Waals surface area contributed by atoms with E-state index < -0.39 is 0 Å². The lowest BCUT2D eigenvalue weighted by molar-refractivity contribution is -0.0498. The van der Waals surface area contributed by atoms with Gasteiger partial charge in [-0.25, -0.2) is 4.68 Å². The van der Waals surface area contributed by atoms with E-state index in [0.717, 1.165) is 23.4 Å². The van der Waals surface area contributed by atoms with E-state index in [4.69, 9.17) is 0 Å². The van der Waals surface area contributed by atoms with Crippen molar-refractivity contribution in [3.8, 4) is 6.07 Å². The summed E-state index contributed by atoms with van der Waals surface area (Å²) in [5.74, 6) is 2.70. The van der Waals surface area contributed by atoms with Gasteiger partial charge in [0.2, 0.25) is 0 Å². The maximum Gasteiger partial charge on any atom is 0.139 e. The van der Waals surface area contributed by atoms with Gasteiger partial charge in [0.1, 0.15) is 11.8 Å². The van der Waals surface area contributed by atoms with E-state index in [-0.39, 0.29) is 5.54 Å². The molecule has 0 spiro atoms. The van der Waals surface area contributed by atoms with Gasteiger partial charge in [-0.2, -0.15) is 10.4 Å². The van der Waals surface area contributed by atoms with Gasteiger partial charge < -0.3 is 0 Å². The molecule has 3 heteroatoms. The number of rotatable bonds is 1. The Balaban J connectivity index is 1.80. The fourth-order valence-electron chi connectivity index (χ4n) is 5.09. The first-order valence-electron chi connectivity index (χ1n) is 6.74. The molecule has 0 saturated heterocycles. The van der Waals surface area contributed by atoms with Crippen LogP contribution in [0.3, 0.4) is 0 Å². The number of hydrogen-bond acceptors (Lipinski definition) is 2. The average Bonchev–Trinajstić information content (AvgIpc) is 2.75. The van der Waals surface area contributed by atoms with Crippen LogP contribution in [0.2, 0.25) is 0 Å². The van der Waals surface area contributed by atoms with E-state index in [2.05, 4.69) is 15.8 Å². The largest absolute Gasteiger partial charge is 0.249 e. The van der Waals surface area contributed by atoms with Crippen LogP contribution in [0.5, 0.6) is 0 Å². The maximum absolute atomic E-state index is 9.20. The monoisotopic (exact) mass is 227 g/mol. The minimum atomic E-state index is 0.198. The van der Waals surface area contributed by atoms with E-state index in [0.29, 0.717) is 0 Å². The smallest absolute Gasteiger partial charge is 0.139 e. The lowest BCUT2D eigenvalue weighted by atomic mass is 9.53. The molecule has 4 bridgehead atoms. The van der Waals surface area contributed by atoms with Gasteiger partial charge in [0.25, 0.3) is 0 Å². The van der Waals surface area contributed by atoms with Gasteiger partial charge in [-0.05, 0) is 62.3 Å². The normalized spacial score (nSPS) is 42.6. The van der Waals surface area contributed by atoms with Crippen LogP contribution in [0.4, 0.5) is 0 Å². The molecule has 3 nitrogen and oxygen atoms in total. The van der Waals surface area contributed by atoms with Gasteiger partial charge in [0, 0.05) is 0 Å². The van der Waals surface area contributed by atoms with Crippen molar-refractivity contribution in [3.63, 3.8) is 0 Å². The highest BCUT2D eigenvalue weighted by Crippen LogP contribution is 2.58. The molecule has 0 N–H and O–H groups in total. The lowest BCUT2D eigenvalue weighted by Crippen LogP contribution is -2.52. The van der Waals surface area contributed by atoms with Crippen molar-refractivity contribution in [3.05, 3.63) is 18.0 Å². The van der Waals surface area contributed by atoms with Crippen LogP contribution in [-0.2, 0) is 5.54 Å². The molecule has 1 aromatic rings. The van der Waals surface area contributed by atoms with Crippen LogP contribution in [0, 0.1) is 29.1 Å². The molecule has 1 aromatic heterocycles. The van der Waals surface area contributed by atoms with Crippen molar-refractivity contribution >= 4 is 0 Å². The molecular formula is C14H17N3. The summed E-state index contributed by atoms with van der Waals surface area (Å²) in [5, 5.41) is 13.7. The molecule has 0 atom stereocenters. The van der Waals surface area contributed by atoms with Crippen molar-refractivity contribution in [2.75, 3.05) is 0 Å². The molecule has 4 aliphatic carbocycles. The minimum Gasteiger partial charge on any atom is -0.249 e. The fraction of sp³-hybridized carbons (Fsp3) is 0.714. The average molecular weight is 227 g/mol. The van der Waals surface area contributed by atoms with Crippen LogP contribution in [0.15, 0.2) is 12.3 Å². The highest BCUT2D eigenvalue weighted by molar-refractivity contribution is 5.22. The van der Waals surface area contributed by atoms with E-state index in [1.54, 1.807) is 6.20 Å². The van der Waals surface area contributed by atoms with Gasteiger partial charge in [0.15, 0.2) is 0 Å². The first kappa shape index (κ1) is 9.70. The second-order valence-corrected chi connectivity index (χ2v) is 6.38. The van der Waals surface area contributed by atoms with Crippen molar-refractivity contribution in [2.24, 2.45) is 17.8 Å². The Morgan fingerprint density at radius 3 is 2.29 bits per heavy atom. The third-order valence-electron chi connectivity index (χ3n) is 5.21. The Labute approximate surface area is 101 Å². The van der Waals surface area contributed by atoms with Gasteiger partial charge in [-0.1, -0.05) is 0 Å². The summed E-state index contributed by atoms with van der Waals surface area (Å²) in [5.41, 5.74) is 0.954. The molecule has 0 aromatic carbocycles. The summed E-state index contributed by atoms with van der Waals surface area (Å²) in [6, 6.07) is 4.16. The molecule has 0 radical (unpaired) electrons. The third kappa shape index (κ3) is 1.24. The first-order chi connectivity index (χ1) is 8.29. The molecule has 0 amide bonds. The second-order valence-electron chi connectivity index (χ2n) is 6.38. The molecule has 0 aliphatic heterocycles. The summed E-state index contributed by atoms with van der Waals surface area (Å²) in [6.45, 7) is 0. The van der Waals surface area contributed by atoms with Gasteiger partial charge in [-0.15, -0.1) is 0 Å². The van der Waals surface area contributed by atoms with Gasteiger partial charge in [0.05, 0.1) is 11.7 Å². The van der Waals surface area contributed by atoms with Gasteiger partial charge in [-0.3, -0.25) is 0 Å². The van der Waals surface area contributed by atoms with Crippen LogP contribution in [0.1, 0.15) is 44.2 Å². The predicted molar refractivity (Wildman–Crippen MR) is 63.1 cm³/mol. The maximum atomic E-state index is 9.20. The van der Waals surface area contributed by atoms with Crippen molar-refractivity contribution in [1.82, 2.24) is 9.78 Å². The number of aromatic nitrogens is 2. The molecular weight excluding hydrogens is 210 g/mol. The van der Waals surface area contributed by atoms with Crippen molar-refractivity contribution in [1.29, 1.82) is 5.26 Å². The summed E-state index contributed by atoms with van der Waals surface area (Å²) in [6.07, 6.45) is 9.87. The molecule has 4 fully saturated rings. The molecule has 88 valence electrons. The van der Waals surface area contributed by atoms with Gasteiger partial charge >= 0.3 is 0 Å². The quantitative estimate of drug-likeness (QED) is 0.740. The third-order valence-corrected chi connectivity index (χ3v) is 5.21. The Bertz CT molecular complexity index is 459. The number of nitriles is 1. The Kier molecular flexibility index (Phi) is 1.79. The molecule has 1 heterocycles. The fourth-order valence-corrected chi connectivity index (χ4v) is 5.09. The standard InChI is InChI=1S/C14H17N3/c15-9-13-1-2-16-17(13)14-6-10-3-11(7-14)5-12(4-10)8-14/h1-2,10-12H,3-8H2. The van der Waals surface area contributed by atoms with Crippen LogP contribution in [-0.4, -0.2) is 9.78 Å². The van der Waals surface area contributed by atoms with Crippen LogP contribution in [0.25, 0.3) is 0 Å². The van der Waals surface area contributed by atoms with Crippen molar-refractivity contribution < 1.29 is 0 Å².